The van der Waals surface area contributed by atoms with Gasteiger partial charge in [0.2, 0.25) is 15.9 Å². The van der Waals surface area contributed by atoms with E-state index in [0.29, 0.717) is 29.9 Å². The maximum Gasteiger partial charge on any atom is 0.338 e. The second-order valence-electron chi connectivity index (χ2n) is 8.28. The maximum absolute atomic E-state index is 13.4. The van der Waals surface area contributed by atoms with Crippen LogP contribution in [0.3, 0.4) is 0 Å². The van der Waals surface area contributed by atoms with Crippen LogP contribution in [0, 0.1) is 12.8 Å². The van der Waals surface area contributed by atoms with E-state index in [4.69, 9.17) is 13.7 Å². The number of piperidine rings is 1. The molecule has 1 aromatic carbocycles. The molecular weight excluding hydrogens is 486 g/mol. The predicted molar refractivity (Wildman–Crippen MR) is 131 cm³/mol. The second kappa shape index (κ2) is 10.9. The molecule has 3 heterocycles. The monoisotopic (exact) mass is 513 g/mol. The van der Waals surface area contributed by atoms with E-state index in [-0.39, 0.29) is 47.9 Å². The summed E-state index contributed by atoms with van der Waals surface area (Å²) < 4.78 is 43.6. The van der Waals surface area contributed by atoms with Gasteiger partial charge in [-0.3, -0.25) is 4.79 Å². The van der Waals surface area contributed by atoms with Crippen molar-refractivity contribution >= 4 is 39.7 Å². The largest absolute Gasteiger partial charge is 0.465 e. The number of carbonyl (C=O) groups excluding carboxylic acids is 2. The van der Waals surface area contributed by atoms with E-state index in [2.05, 4.69) is 10.5 Å². The van der Waals surface area contributed by atoms with E-state index in [1.807, 2.05) is 0 Å². The number of sulfonamides is 1. The summed E-state index contributed by atoms with van der Waals surface area (Å²) in [6, 6.07) is 9.98. The fraction of sp³-hybridized carbons (Fsp3) is 0.320. The highest BCUT2D eigenvalue weighted by Crippen LogP contribution is 2.29. The number of ether oxygens (including phenoxy) is 1. The molecule has 10 nitrogen and oxygen atoms in total. The average Bonchev–Trinajstić information content (AvgIpc) is 3.53. The highest BCUT2D eigenvalue weighted by molar-refractivity contribution is 7.89. The molecule has 0 saturated carbocycles. The molecule has 1 amide bonds. The molecule has 1 aliphatic rings. The van der Waals surface area contributed by atoms with E-state index in [0.717, 1.165) is 0 Å². The van der Waals surface area contributed by atoms with Gasteiger partial charge in [0.05, 0.1) is 18.4 Å². The third kappa shape index (κ3) is 5.58. The molecule has 0 aliphatic carbocycles. The summed E-state index contributed by atoms with van der Waals surface area (Å²) in [5, 5.41) is 6.66. The number of aromatic nitrogens is 1. The van der Waals surface area contributed by atoms with E-state index in [9.17, 15) is 18.0 Å². The fourth-order valence-electron chi connectivity index (χ4n) is 4.01. The van der Waals surface area contributed by atoms with Gasteiger partial charge in [0, 0.05) is 24.7 Å². The van der Waals surface area contributed by atoms with Crippen molar-refractivity contribution in [2.24, 2.45) is 5.92 Å². The lowest BCUT2D eigenvalue weighted by atomic mass is 9.97. The van der Waals surface area contributed by atoms with Crippen molar-refractivity contribution in [1.29, 1.82) is 0 Å². The van der Waals surface area contributed by atoms with Crippen molar-refractivity contribution in [3.05, 3.63) is 65.4 Å². The van der Waals surface area contributed by atoms with Crippen LogP contribution in [0.25, 0.3) is 12.2 Å². The molecule has 1 aliphatic heterocycles. The number of nitrogens with one attached hydrogen (secondary N) is 1. The van der Waals surface area contributed by atoms with Gasteiger partial charge < -0.3 is 19.0 Å². The molecule has 1 fully saturated rings. The molecule has 0 radical (unpaired) electrons. The number of nitrogens with zero attached hydrogens (tertiary/aromatic N) is 2. The number of hydrogen-bond donors (Lipinski definition) is 1. The van der Waals surface area contributed by atoms with E-state index < -0.39 is 16.0 Å². The first-order valence-electron chi connectivity index (χ1n) is 11.6. The SMILES string of the molecule is CCOC(=O)c1cccc(NC(=O)C2CCN(S(=O)(=O)c3c(C)noc3/C=C/c3ccco3)CC2)c1. The summed E-state index contributed by atoms with van der Waals surface area (Å²) in [5.74, 6) is -0.396. The highest BCUT2D eigenvalue weighted by Gasteiger charge is 2.36. The number of amides is 1. The van der Waals surface area contributed by atoms with Crippen molar-refractivity contribution in [2.75, 3.05) is 25.0 Å². The number of esters is 1. The van der Waals surface area contributed by atoms with Crippen molar-refractivity contribution in [3.63, 3.8) is 0 Å². The molecule has 0 unspecified atom stereocenters. The number of carbonyl (C=O) groups is 2. The number of rotatable bonds is 8. The Balaban J connectivity index is 1.41. The van der Waals surface area contributed by atoms with Crippen LogP contribution in [0.2, 0.25) is 0 Å². The minimum Gasteiger partial charge on any atom is -0.465 e. The minimum atomic E-state index is -3.89. The first-order valence-corrected chi connectivity index (χ1v) is 13.0. The smallest absolute Gasteiger partial charge is 0.338 e. The second-order valence-corrected chi connectivity index (χ2v) is 10.2. The Morgan fingerprint density at radius 2 is 1.97 bits per heavy atom. The molecule has 190 valence electrons. The third-order valence-corrected chi connectivity index (χ3v) is 7.90. The summed E-state index contributed by atoms with van der Waals surface area (Å²) in [6.45, 7) is 3.90. The van der Waals surface area contributed by atoms with E-state index >= 15 is 0 Å². The molecular formula is C25H27N3O7S. The molecule has 3 aromatic rings. The van der Waals surface area contributed by atoms with E-state index in [1.54, 1.807) is 56.3 Å². The summed E-state index contributed by atoms with van der Waals surface area (Å²) in [7, 11) is -3.89. The van der Waals surface area contributed by atoms with Crippen LogP contribution < -0.4 is 5.32 Å². The van der Waals surface area contributed by atoms with Crippen molar-refractivity contribution in [3.8, 4) is 0 Å². The molecule has 0 atom stereocenters. The van der Waals surface area contributed by atoms with Gasteiger partial charge in [0.15, 0.2) is 10.7 Å². The van der Waals surface area contributed by atoms with Crippen LogP contribution in [-0.4, -0.2) is 49.5 Å². The van der Waals surface area contributed by atoms with Gasteiger partial charge in [0.1, 0.15) is 11.5 Å². The first kappa shape index (κ1) is 25.4. The quantitative estimate of drug-likeness (QED) is 0.448. The lowest BCUT2D eigenvalue weighted by molar-refractivity contribution is -0.120. The van der Waals surface area contributed by atoms with Crippen molar-refractivity contribution in [2.45, 2.75) is 31.6 Å². The Labute approximate surface area is 208 Å². The van der Waals surface area contributed by atoms with Crippen LogP contribution >= 0.6 is 0 Å². The molecule has 0 spiro atoms. The minimum absolute atomic E-state index is 0.00369. The Kier molecular flexibility index (Phi) is 7.70. The first-order chi connectivity index (χ1) is 17.3. The Hall–Kier alpha value is -3.70. The molecule has 2 aromatic heterocycles. The fourth-order valence-corrected chi connectivity index (χ4v) is 5.73. The molecule has 1 saturated heterocycles. The van der Waals surface area contributed by atoms with Crippen LogP contribution in [0.15, 0.2) is 56.5 Å². The number of anilines is 1. The molecule has 1 N–H and O–H groups in total. The Morgan fingerprint density at radius 3 is 2.67 bits per heavy atom. The van der Waals surface area contributed by atoms with Gasteiger partial charge in [-0.2, -0.15) is 4.31 Å². The summed E-state index contributed by atoms with van der Waals surface area (Å²) in [4.78, 5) is 24.8. The number of aryl methyl sites for hydroxylation is 1. The van der Waals surface area contributed by atoms with Gasteiger partial charge in [-0.05, 0) is 69.2 Å². The van der Waals surface area contributed by atoms with Gasteiger partial charge >= 0.3 is 5.97 Å². The number of benzene rings is 1. The van der Waals surface area contributed by atoms with Gasteiger partial charge in [-0.15, -0.1) is 0 Å². The maximum atomic E-state index is 13.4. The third-order valence-electron chi connectivity index (χ3n) is 5.84. The standard InChI is InChI=1S/C25H27N3O7S/c1-3-33-25(30)19-6-4-7-20(16-19)26-24(29)18-11-13-28(14-12-18)36(31,32)23-17(2)27-35-22(23)10-9-21-8-5-15-34-21/h4-10,15-16,18H,3,11-14H2,1-2H3,(H,26,29)/b10-9+. The lowest BCUT2D eigenvalue weighted by Gasteiger charge is -2.30. The van der Waals surface area contributed by atoms with Gasteiger partial charge in [-0.25, -0.2) is 13.2 Å². The number of furan rings is 1. The zero-order chi connectivity index (χ0) is 25.7. The van der Waals surface area contributed by atoms with Crippen molar-refractivity contribution in [1.82, 2.24) is 9.46 Å². The lowest BCUT2D eigenvalue weighted by Crippen LogP contribution is -2.41. The Bertz CT molecular complexity index is 1350. The summed E-state index contributed by atoms with van der Waals surface area (Å²) in [6.07, 6.45) is 5.33. The zero-order valence-electron chi connectivity index (χ0n) is 20.0. The van der Waals surface area contributed by atoms with Gasteiger partial charge in [0.25, 0.3) is 0 Å². The van der Waals surface area contributed by atoms with Crippen LogP contribution in [0.5, 0.6) is 0 Å². The molecule has 4 rings (SSSR count). The Morgan fingerprint density at radius 1 is 1.19 bits per heavy atom. The van der Waals surface area contributed by atoms with Crippen molar-refractivity contribution < 1.29 is 31.7 Å². The van der Waals surface area contributed by atoms with E-state index in [1.165, 1.54) is 16.6 Å². The molecule has 11 heteroatoms. The van der Waals surface area contributed by atoms with Gasteiger partial charge in [-0.1, -0.05) is 11.2 Å². The molecule has 0 bridgehead atoms. The van der Waals surface area contributed by atoms with Crippen LogP contribution in [0.4, 0.5) is 5.69 Å². The normalized spacial score (nSPS) is 15.3. The topological polar surface area (TPSA) is 132 Å². The zero-order valence-corrected chi connectivity index (χ0v) is 20.8. The summed E-state index contributed by atoms with van der Waals surface area (Å²) in [5.41, 5.74) is 1.08. The molecule has 36 heavy (non-hydrogen) atoms. The highest BCUT2D eigenvalue weighted by atomic mass is 32.2. The number of hydrogen-bond acceptors (Lipinski definition) is 8. The summed E-state index contributed by atoms with van der Waals surface area (Å²) >= 11 is 0. The average molecular weight is 514 g/mol. The predicted octanol–water partition coefficient (Wildman–Crippen LogP) is 3.96. The van der Waals surface area contributed by atoms with Crippen LogP contribution in [0.1, 0.15) is 47.3 Å². The van der Waals surface area contributed by atoms with Crippen LogP contribution in [-0.2, 0) is 19.6 Å².